The van der Waals surface area contributed by atoms with E-state index in [1.165, 1.54) is 21.3 Å². The molecule has 3 N–H and O–H groups in total. The van der Waals surface area contributed by atoms with Crippen molar-refractivity contribution in [1.82, 2.24) is 30.4 Å². The number of alkyl carbamates (subject to hydrolysis) is 2. The molecular formula is C47H57N7O8. The lowest BCUT2D eigenvalue weighted by molar-refractivity contribution is -0.139. The van der Waals surface area contributed by atoms with Crippen LogP contribution in [0.2, 0.25) is 0 Å². The van der Waals surface area contributed by atoms with Crippen molar-refractivity contribution in [1.29, 1.82) is 0 Å². The Morgan fingerprint density at radius 1 is 0.855 bits per heavy atom. The van der Waals surface area contributed by atoms with Gasteiger partial charge in [-0.3, -0.25) is 14.6 Å². The van der Waals surface area contributed by atoms with Gasteiger partial charge >= 0.3 is 12.2 Å². The molecule has 8 rings (SSSR count). The fourth-order valence-electron chi connectivity index (χ4n) is 9.74. The summed E-state index contributed by atoms with van der Waals surface area (Å²) in [6, 6.07) is 12.7. The number of benzene rings is 3. The molecule has 8 atom stereocenters. The molecule has 1 aromatic heterocycles. The summed E-state index contributed by atoms with van der Waals surface area (Å²) in [6.07, 6.45) is 4.45. The highest BCUT2D eigenvalue weighted by atomic mass is 16.5. The van der Waals surface area contributed by atoms with E-state index in [1.807, 2.05) is 25.7 Å². The maximum atomic E-state index is 14.2. The molecule has 0 bridgehead atoms. The molecule has 15 nitrogen and oxygen atoms in total. The van der Waals surface area contributed by atoms with Gasteiger partial charge in [-0.2, -0.15) is 0 Å². The van der Waals surface area contributed by atoms with Gasteiger partial charge in [0.05, 0.1) is 50.0 Å². The van der Waals surface area contributed by atoms with Crippen LogP contribution in [-0.4, -0.2) is 107 Å². The molecule has 3 aromatic carbocycles. The minimum atomic E-state index is -0.923. The van der Waals surface area contributed by atoms with Crippen LogP contribution in [0.15, 0.2) is 53.7 Å². The number of nitrogens with zero attached hydrogens (tertiary/aromatic N) is 4. The van der Waals surface area contributed by atoms with Crippen molar-refractivity contribution in [3.05, 3.63) is 65.6 Å². The van der Waals surface area contributed by atoms with Crippen molar-refractivity contribution in [2.24, 2.45) is 10.9 Å². The van der Waals surface area contributed by atoms with E-state index < -0.39 is 30.4 Å². The number of hydrogen-bond acceptors (Lipinski definition) is 10. The summed E-state index contributed by atoms with van der Waals surface area (Å²) in [5, 5.41) is 7.62. The second-order valence-corrected chi connectivity index (χ2v) is 17.2. The molecule has 62 heavy (non-hydrogen) atoms. The Morgan fingerprint density at radius 2 is 1.53 bits per heavy atom. The first-order valence-electron chi connectivity index (χ1n) is 21.7. The number of methoxy groups -OCH3 is 3. The van der Waals surface area contributed by atoms with Crippen LogP contribution in [0.5, 0.6) is 5.75 Å². The Morgan fingerprint density at radius 3 is 2.23 bits per heavy atom. The molecule has 4 aromatic rings. The zero-order chi connectivity index (χ0) is 44.0. The van der Waals surface area contributed by atoms with E-state index in [4.69, 9.17) is 28.9 Å². The predicted molar refractivity (Wildman–Crippen MR) is 234 cm³/mol. The lowest BCUT2D eigenvalue weighted by Crippen LogP contribution is -2.55. The number of hydrogen-bond donors (Lipinski definition) is 3. The van der Waals surface area contributed by atoms with Gasteiger partial charge in [0, 0.05) is 36.9 Å². The Bertz CT molecular complexity index is 2430. The van der Waals surface area contributed by atoms with Crippen LogP contribution in [-0.2, 0) is 36.8 Å². The molecule has 0 saturated carbocycles. The number of likely N-dealkylation sites (tertiary alicyclic amines) is 2. The molecule has 0 spiro atoms. The van der Waals surface area contributed by atoms with Crippen molar-refractivity contribution in [2.45, 2.75) is 122 Å². The van der Waals surface area contributed by atoms with E-state index >= 15 is 0 Å². The lowest BCUT2D eigenvalue weighted by Gasteiger charge is -2.34. The third kappa shape index (κ3) is 7.75. The number of aliphatic imine (C=N–C) groups is 1. The predicted octanol–water partition coefficient (Wildman–Crippen LogP) is 7.38. The zero-order valence-corrected chi connectivity index (χ0v) is 36.7. The Balaban J connectivity index is 1.01. The third-order valence-electron chi connectivity index (χ3n) is 13.6. The average Bonchev–Trinajstić information content (AvgIpc) is 4.11. The third-order valence-corrected chi connectivity index (χ3v) is 13.6. The second-order valence-electron chi connectivity index (χ2n) is 17.2. The highest BCUT2D eigenvalue weighted by Gasteiger charge is 2.44. The molecule has 4 amide bonds. The van der Waals surface area contributed by atoms with Crippen LogP contribution in [0.4, 0.5) is 15.3 Å². The number of aromatic nitrogens is 2. The maximum Gasteiger partial charge on any atom is 0.407 e. The van der Waals surface area contributed by atoms with E-state index in [1.54, 1.807) is 18.0 Å². The van der Waals surface area contributed by atoms with Crippen molar-refractivity contribution in [3.8, 4) is 28.1 Å². The summed E-state index contributed by atoms with van der Waals surface area (Å²) < 4.78 is 21.6. The van der Waals surface area contributed by atoms with Crippen LogP contribution < -0.4 is 15.4 Å². The number of H-pyrrole nitrogens is 1. The number of aromatic amines is 1. The Kier molecular flexibility index (Phi) is 12.0. The van der Waals surface area contributed by atoms with Crippen molar-refractivity contribution < 1.29 is 38.1 Å². The molecule has 4 aliphatic rings. The van der Waals surface area contributed by atoms with Gasteiger partial charge in [0.25, 0.3) is 0 Å². The first-order chi connectivity index (χ1) is 29.8. The summed E-state index contributed by atoms with van der Waals surface area (Å²) in [4.78, 5) is 69.7. The second kappa shape index (κ2) is 17.4. The molecule has 0 aliphatic carbocycles. The van der Waals surface area contributed by atoms with Gasteiger partial charge in [-0.15, -0.1) is 0 Å². The van der Waals surface area contributed by atoms with Gasteiger partial charge in [0.1, 0.15) is 30.3 Å². The molecule has 4 aliphatic heterocycles. The number of ether oxygens (including phenoxy) is 4. The van der Waals surface area contributed by atoms with Crippen LogP contribution in [0.1, 0.15) is 89.7 Å². The maximum absolute atomic E-state index is 14.2. The smallest absolute Gasteiger partial charge is 0.407 e. The molecule has 328 valence electrons. The lowest BCUT2D eigenvalue weighted by atomic mass is 9.90. The molecule has 2 fully saturated rings. The number of imidazole rings is 1. The summed E-state index contributed by atoms with van der Waals surface area (Å²) >= 11 is 0. The Hall–Kier alpha value is -5.96. The average molecular weight is 848 g/mol. The van der Waals surface area contributed by atoms with Crippen LogP contribution >= 0.6 is 0 Å². The van der Waals surface area contributed by atoms with Crippen LogP contribution in [0.3, 0.4) is 0 Å². The standard InChI is InChI=1S/C47H57N7O8/c1-9-24(2)41(51-46(57)60-7)44(55)53-25(3)10-16-38(53)36-20-33-32-21-40-34(19-28(32)13-15-35(33)49-36)31-14-12-29(18-30(31)23-62-40)37-22-48-43(50-37)39-17-11-26(4)54(39)45(56)42(27(5)59-6)52-47(58)61-8/h12-15,18-19,21-22,24-27,38-39,41-42H,9-11,16-17,20,23H2,1-8H3,(H,48,50)(H,51,57)(H,52,58)/t24-,25-,26-,27?,38-,39-,41?,42-/m0/s1. The summed E-state index contributed by atoms with van der Waals surface area (Å²) in [5.74, 6) is 1.07. The first kappa shape index (κ1) is 42.7. The van der Waals surface area contributed by atoms with Crippen LogP contribution in [0, 0.1) is 5.92 Å². The molecule has 2 unspecified atom stereocenters. The summed E-state index contributed by atoms with van der Waals surface area (Å²) in [5.41, 5.74) is 7.93. The molecule has 0 radical (unpaired) electrons. The van der Waals surface area contributed by atoms with Crippen molar-refractivity contribution in [2.75, 3.05) is 21.3 Å². The normalized spacial score (nSPS) is 22.1. The van der Waals surface area contributed by atoms with E-state index in [-0.39, 0.29) is 41.9 Å². The van der Waals surface area contributed by atoms with E-state index in [0.717, 1.165) is 93.5 Å². The minimum absolute atomic E-state index is 0.0108. The fourth-order valence-corrected chi connectivity index (χ4v) is 9.74. The number of fused-ring (bicyclic) bond motifs is 6. The van der Waals surface area contributed by atoms with Gasteiger partial charge in [-0.1, -0.05) is 38.5 Å². The number of rotatable bonds is 11. The summed E-state index contributed by atoms with van der Waals surface area (Å²) in [6.45, 7) is 10.2. The zero-order valence-electron chi connectivity index (χ0n) is 36.7. The molecule has 5 heterocycles. The quantitative estimate of drug-likeness (QED) is 0.139. The number of nitrogens with one attached hydrogen (secondary N) is 3. The Labute approximate surface area is 361 Å². The number of amides is 4. The van der Waals surface area contributed by atoms with Gasteiger partial charge in [-0.05, 0) is 110 Å². The van der Waals surface area contributed by atoms with Gasteiger partial charge < -0.3 is 44.4 Å². The largest absolute Gasteiger partial charge is 0.488 e. The first-order valence-corrected chi connectivity index (χ1v) is 21.7. The topological polar surface area (TPSA) is 177 Å². The van der Waals surface area contributed by atoms with Gasteiger partial charge in [-0.25, -0.2) is 14.6 Å². The van der Waals surface area contributed by atoms with Gasteiger partial charge in [0.2, 0.25) is 11.8 Å². The SMILES string of the molecule is CC[C@H](C)C(NC(=O)OC)C(=O)N1[C@@H](C)CC[C@H]1C1=Nc2ccc3cc4c(cc3c2C1)OCc1cc(-c2cnc([C@@H]3CC[C@H](C)N3C(=O)[C@@H](NC(=O)OC)C(C)OC)[nH]2)ccc1-4. The number of carbonyl (C=O) groups is 4. The number of carbonyl (C=O) groups excluding carboxylic acids is 4. The van der Waals surface area contributed by atoms with E-state index in [2.05, 4.69) is 65.0 Å². The van der Waals surface area contributed by atoms with Crippen molar-refractivity contribution >= 4 is 46.2 Å². The molecule has 2 saturated heterocycles. The van der Waals surface area contributed by atoms with E-state index in [0.29, 0.717) is 18.9 Å². The monoisotopic (exact) mass is 847 g/mol. The highest BCUT2D eigenvalue weighted by Crippen LogP contribution is 2.45. The molecular weight excluding hydrogens is 791 g/mol. The fraction of sp³-hybridized carbons (Fsp3) is 0.489. The van der Waals surface area contributed by atoms with Crippen LogP contribution in [0.25, 0.3) is 33.2 Å². The molecule has 15 heteroatoms. The van der Waals surface area contributed by atoms with Gasteiger partial charge in [0.15, 0.2) is 0 Å². The summed E-state index contributed by atoms with van der Waals surface area (Å²) in [7, 11) is 4.08. The highest BCUT2D eigenvalue weighted by molar-refractivity contribution is 6.06. The minimum Gasteiger partial charge on any atom is -0.488 e. The van der Waals surface area contributed by atoms with E-state index in [9.17, 15) is 19.2 Å². The van der Waals surface area contributed by atoms with Crippen molar-refractivity contribution in [3.63, 3.8) is 0 Å².